The summed E-state index contributed by atoms with van der Waals surface area (Å²) in [5.41, 5.74) is -6.10. The van der Waals surface area contributed by atoms with E-state index in [9.17, 15) is 39.5 Å². The molecule has 0 aliphatic rings. The van der Waals surface area contributed by atoms with Crippen molar-refractivity contribution >= 4 is 32.5 Å². The molecule has 0 saturated carbocycles. The Balaban J connectivity index is 1.62. The molecule has 4 aromatic carbocycles. The first-order valence-electron chi connectivity index (χ1n) is 12.0. The van der Waals surface area contributed by atoms with E-state index in [1.165, 1.54) is 6.07 Å². The second kappa shape index (κ2) is 9.36. The average Bonchev–Trinajstić information content (AvgIpc) is 3.34. The summed E-state index contributed by atoms with van der Waals surface area (Å²) in [6.07, 6.45) is -16.8. The van der Waals surface area contributed by atoms with Crippen molar-refractivity contribution in [3.8, 4) is 23.1 Å². The summed E-state index contributed by atoms with van der Waals surface area (Å²) in [5.74, 6) is -2.47. The summed E-state index contributed by atoms with van der Waals surface area (Å²) in [6.45, 7) is 0. The molecule has 6 aromatic rings. The van der Waals surface area contributed by atoms with Crippen LogP contribution in [-0.2, 0) is 18.5 Å². The minimum atomic E-state index is -5.65. The quantitative estimate of drug-likeness (QED) is 0.152. The molecular formula is C29H13F9N2O2. The Bertz CT molecular complexity index is 1920. The third kappa shape index (κ3) is 4.84. The molecule has 13 heteroatoms. The van der Waals surface area contributed by atoms with Crippen molar-refractivity contribution in [3.63, 3.8) is 0 Å². The first kappa shape index (κ1) is 27.4. The van der Waals surface area contributed by atoms with Gasteiger partial charge in [0.2, 0.25) is 5.88 Å². The highest BCUT2D eigenvalue weighted by atomic mass is 19.4. The van der Waals surface area contributed by atoms with Gasteiger partial charge in [0, 0.05) is 16.2 Å². The Labute approximate surface area is 228 Å². The molecule has 2 aromatic heterocycles. The standard InChI is InChI=1S/C29H13F9N2O2/c30-27(31,32)17-12-20(28(33,34)35)25(21(13-17)29(36,37)38)42-26-19-10-15-6-2-1-5-14(15)9-18(19)24(39-40-26)23-11-16-7-3-4-8-22(16)41-23/h1-13H. The third-order valence-corrected chi connectivity index (χ3v) is 6.50. The van der Waals surface area contributed by atoms with E-state index >= 15 is 0 Å². The summed E-state index contributed by atoms with van der Waals surface area (Å²) in [5, 5.41) is 9.79. The monoisotopic (exact) mass is 592 g/mol. The number of hydrogen-bond donors (Lipinski definition) is 0. The number of para-hydroxylation sites is 1. The van der Waals surface area contributed by atoms with Crippen molar-refractivity contribution < 1.29 is 48.7 Å². The van der Waals surface area contributed by atoms with Crippen LogP contribution in [0, 0.1) is 0 Å². The van der Waals surface area contributed by atoms with Gasteiger partial charge in [-0.15, -0.1) is 10.2 Å². The molecule has 0 aliphatic heterocycles. The molecule has 42 heavy (non-hydrogen) atoms. The maximum absolute atomic E-state index is 13.9. The zero-order chi connectivity index (χ0) is 30.0. The molecular weight excluding hydrogens is 579 g/mol. The Hall–Kier alpha value is -4.81. The van der Waals surface area contributed by atoms with Crippen molar-refractivity contribution in [2.75, 3.05) is 0 Å². The Morgan fingerprint density at radius 1 is 0.571 bits per heavy atom. The van der Waals surface area contributed by atoms with Gasteiger partial charge in [0.25, 0.3) is 0 Å². The Morgan fingerprint density at radius 2 is 1.12 bits per heavy atom. The highest BCUT2D eigenvalue weighted by Crippen LogP contribution is 2.49. The van der Waals surface area contributed by atoms with Gasteiger partial charge in [-0.1, -0.05) is 42.5 Å². The van der Waals surface area contributed by atoms with E-state index in [-0.39, 0.29) is 22.2 Å². The molecule has 0 saturated heterocycles. The molecule has 0 radical (unpaired) electrons. The van der Waals surface area contributed by atoms with Gasteiger partial charge in [0.05, 0.1) is 16.7 Å². The van der Waals surface area contributed by atoms with Crippen LogP contribution >= 0.6 is 0 Å². The van der Waals surface area contributed by atoms with Gasteiger partial charge in [-0.05, 0) is 47.2 Å². The molecule has 214 valence electrons. The normalized spacial score (nSPS) is 12.9. The van der Waals surface area contributed by atoms with Crippen LogP contribution in [0.4, 0.5) is 39.5 Å². The van der Waals surface area contributed by atoms with Crippen LogP contribution in [-0.4, -0.2) is 10.2 Å². The maximum Gasteiger partial charge on any atom is 0.420 e. The lowest BCUT2D eigenvalue weighted by Gasteiger charge is -2.21. The van der Waals surface area contributed by atoms with Gasteiger partial charge in [0.1, 0.15) is 11.3 Å². The van der Waals surface area contributed by atoms with Crippen molar-refractivity contribution in [2.24, 2.45) is 0 Å². The average molecular weight is 592 g/mol. The lowest BCUT2D eigenvalue weighted by atomic mass is 10.0. The van der Waals surface area contributed by atoms with Gasteiger partial charge < -0.3 is 9.15 Å². The fourth-order valence-electron chi connectivity index (χ4n) is 4.59. The van der Waals surface area contributed by atoms with Crippen molar-refractivity contribution in [1.82, 2.24) is 10.2 Å². The van der Waals surface area contributed by atoms with E-state index in [4.69, 9.17) is 9.15 Å². The predicted molar refractivity (Wildman–Crippen MR) is 134 cm³/mol. The molecule has 4 nitrogen and oxygen atoms in total. The maximum atomic E-state index is 13.9. The number of aromatic nitrogens is 2. The molecule has 0 N–H and O–H groups in total. The third-order valence-electron chi connectivity index (χ3n) is 6.50. The van der Waals surface area contributed by atoms with E-state index in [1.54, 1.807) is 60.7 Å². The number of benzene rings is 4. The van der Waals surface area contributed by atoms with Crippen LogP contribution in [0.3, 0.4) is 0 Å². The van der Waals surface area contributed by atoms with Gasteiger partial charge in [-0.3, -0.25) is 0 Å². The number of hydrogen-bond acceptors (Lipinski definition) is 4. The van der Waals surface area contributed by atoms with Crippen LogP contribution in [0.1, 0.15) is 16.7 Å². The van der Waals surface area contributed by atoms with Gasteiger partial charge >= 0.3 is 18.5 Å². The smallest absolute Gasteiger partial charge is 0.420 e. The largest absolute Gasteiger partial charge is 0.454 e. The van der Waals surface area contributed by atoms with E-state index < -0.39 is 59.0 Å². The van der Waals surface area contributed by atoms with E-state index in [0.29, 0.717) is 21.7 Å². The molecule has 6 rings (SSSR count). The van der Waals surface area contributed by atoms with E-state index in [2.05, 4.69) is 10.2 Å². The fourth-order valence-corrected chi connectivity index (χ4v) is 4.59. The predicted octanol–water partition coefficient (Wildman–Crippen LogP) is 10.0. The van der Waals surface area contributed by atoms with Crippen molar-refractivity contribution in [2.45, 2.75) is 18.5 Å². The first-order chi connectivity index (χ1) is 19.7. The Morgan fingerprint density at radius 3 is 1.67 bits per heavy atom. The second-order valence-corrected chi connectivity index (χ2v) is 9.24. The summed E-state index contributed by atoms with van der Waals surface area (Å²) >= 11 is 0. The van der Waals surface area contributed by atoms with E-state index in [1.807, 2.05) is 0 Å². The number of nitrogens with zero attached hydrogens (tertiary/aromatic N) is 2. The topological polar surface area (TPSA) is 48.2 Å². The highest BCUT2D eigenvalue weighted by Gasteiger charge is 2.46. The second-order valence-electron chi connectivity index (χ2n) is 9.24. The lowest BCUT2D eigenvalue weighted by molar-refractivity contribution is -0.149. The fraction of sp³-hybridized carbons (Fsp3) is 0.103. The molecule has 0 amide bonds. The molecule has 0 spiro atoms. The van der Waals surface area contributed by atoms with Gasteiger partial charge in [-0.25, -0.2) is 0 Å². The molecule has 0 aliphatic carbocycles. The molecule has 0 fully saturated rings. The number of rotatable bonds is 3. The van der Waals surface area contributed by atoms with Crippen LogP contribution < -0.4 is 4.74 Å². The lowest BCUT2D eigenvalue weighted by Crippen LogP contribution is -2.18. The van der Waals surface area contributed by atoms with Gasteiger partial charge in [0.15, 0.2) is 11.5 Å². The minimum absolute atomic E-state index is 0.0553. The van der Waals surface area contributed by atoms with Crippen LogP contribution in [0.2, 0.25) is 0 Å². The molecule has 2 heterocycles. The number of furan rings is 1. The van der Waals surface area contributed by atoms with Gasteiger partial charge in [-0.2, -0.15) is 39.5 Å². The zero-order valence-electron chi connectivity index (χ0n) is 20.6. The van der Waals surface area contributed by atoms with Crippen molar-refractivity contribution in [3.05, 3.63) is 95.6 Å². The molecule has 0 atom stereocenters. The van der Waals surface area contributed by atoms with E-state index in [0.717, 1.165) is 0 Å². The van der Waals surface area contributed by atoms with Crippen molar-refractivity contribution in [1.29, 1.82) is 0 Å². The molecule has 0 bridgehead atoms. The summed E-state index contributed by atoms with van der Waals surface area (Å²) in [6, 6.07) is 17.4. The van der Waals surface area contributed by atoms with Crippen LogP contribution in [0.5, 0.6) is 11.6 Å². The number of ether oxygens (including phenoxy) is 1. The first-order valence-corrected chi connectivity index (χ1v) is 12.0. The summed E-state index contributed by atoms with van der Waals surface area (Å²) in [4.78, 5) is 0. The van der Waals surface area contributed by atoms with Crippen LogP contribution in [0.15, 0.2) is 83.3 Å². The number of fused-ring (bicyclic) bond motifs is 3. The summed E-state index contributed by atoms with van der Waals surface area (Å²) in [7, 11) is 0. The highest BCUT2D eigenvalue weighted by molar-refractivity contribution is 6.05. The number of halogens is 9. The minimum Gasteiger partial charge on any atom is -0.454 e. The van der Waals surface area contributed by atoms with Crippen LogP contribution in [0.25, 0.3) is 44.0 Å². The molecule has 0 unspecified atom stereocenters. The SMILES string of the molecule is FC(F)(F)c1cc(C(F)(F)F)c(Oc2nnc(-c3cc4ccccc4o3)c3cc4ccccc4cc23)c(C(F)(F)F)c1. The zero-order valence-corrected chi connectivity index (χ0v) is 20.6. The number of alkyl halides is 9. The Kier molecular flexibility index (Phi) is 6.10. The summed E-state index contributed by atoms with van der Waals surface area (Å²) < 4.78 is 135.